The molecule has 0 fully saturated rings. The van der Waals surface area contributed by atoms with Crippen LogP contribution in [0, 0.1) is 11.7 Å². The number of hydrogen-bond donors (Lipinski definition) is 2. The standard InChI is InChI=1S/C11H13FN2O3/c1-6(2)9(11(16)17)14-10(15)7-3-4-13-5-8(7)12/h3-6,9H,1-2H3,(H,14,15)(H,16,17)/t9-/m1/s1. The molecule has 1 amide bonds. The van der Waals surface area contributed by atoms with E-state index in [0.29, 0.717) is 0 Å². The number of aromatic nitrogens is 1. The summed E-state index contributed by atoms with van der Waals surface area (Å²) in [5, 5.41) is 11.2. The fourth-order valence-corrected chi connectivity index (χ4v) is 1.29. The number of nitrogens with one attached hydrogen (secondary N) is 1. The molecule has 1 aromatic rings. The van der Waals surface area contributed by atoms with Crippen LogP contribution >= 0.6 is 0 Å². The molecule has 1 heterocycles. The third-order valence-corrected chi connectivity index (χ3v) is 2.24. The van der Waals surface area contributed by atoms with Gasteiger partial charge in [-0.3, -0.25) is 9.78 Å². The molecule has 0 unspecified atom stereocenters. The molecule has 0 radical (unpaired) electrons. The number of carbonyl (C=O) groups is 2. The van der Waals surface area contributed by atoms with E-state index in [9.17, 15) is 14.0 Å². The van der Waals surface area contributed by atoms with Crippen molar-refractivity contribution in [3.63, 3.8) is 0 Å². The van der Waals surface area contributed by atoms with Gasteiger partial charge in [0.05, 0.1) is 11.8 Å². The maximum absolute atomic E-state index is 13.2. The quantitative estimate of drug-likeness (QED) is 0.824. The first-order valence-electron chi connectivity index (χ1n) is 5.06. The van der Waals surface area contributed by atoms with Gasteiger partial charge in [-0.25, -0.2) is 9.18 Å². The van der Waals surface area contributed by atoms with E-state index in [2.05, 4.69) is 10.3 Å². The van der Waals surface area contributed by atoms with Crippen LogP contribution in [-0.2, 0) is 4.79 Å². The summed E-state index contributed by atoms with van der Waals surface area (Å²) in [4.78, 5) is 26.0. The van der Waals surface area contributed by atoms with Crippen molar-refractivity contribution < 1.29 is 19.1 Å². The van der Waals surface area contributed by atoms with Gasteiger partial charge in [-0.2, -0.15) is 0 Å². The minimum absolute atomic E-state index is 0.216. The first-order chi connectivity index (χ1) is 7.93. The Kier molecular flexibility index (Phi) is 4.14. The van der Waals surface area contributed by atoms with Gasteiger partial charge in [0.15, 0.2) is 5.82 Å². The average molecular weight is 240 g/mol. The highest BCUT2D eigenvalue weighted by Gasteiger charge is 2.24. The van der Waals surface area contributed by atoms with Gasteiger partial charge in [-0.15, -0.1) is 0 Å². The SMILES string of the molecule is CC(C)[C@@H](NC(=O)c1ccncc1F)C(=O)O. The van der Waals surface area contributed by atoms with Gasteiger partial charge in [0.1, 0.15) is 6.04 Å². The molecule has 1 atom stereocenters. The minimum atomic E-state index is -1.15. The molecule has 0 saturated carbocycles. The molecule has 0 aliphatic heterocycles. The van der Waals surface area contributed by atoms with Crippen molar-refractivity contribution in [3.05, 3.63) is 29.8 Å². The van der Waals surface area contributed by atoms with Gasteiger partial charge in [-0.1, -0.05) is 13.8 Å². The molecule has 92 valence electrons. The number of carbonyl (C=O) groups excluding carboxylic acids is 1. The molecule has 1 rings (SSSR count). The molecule has 0 aromatic carbocycles. The van der Waals surface area contributed by atoms with Crippen LogP contribution in [0.2, 0.25) is 0 Å². The van der Waals surface area contributed by atoms with E-state index in [-0.39, 0.29) is 11.5 Å². The van der Waals surface area contributed by atoms with Gasteiger partial charge in [0.2, 0.25) is 0 Å². The normalized spacial score (nSPS) is 12.2. The second-order valence-corrected chi connectivity index (χ2v) is 3.89. The first-order valence-corrected chi connectivity index (χ1v) is 5.06. The molecular weight excluding hydrogens is 227 g/mol. The number of pyridine rings is 1. The molecule has 2 N–H and O–H groups in total. The summed E-state index contributed by atoms with van der Waals surface area (Å²) in [5.74, 6) is -2.98. The highest BCUT2D eigenvalue weighted by Crippen LogP contribution is 2.07. The van der Waals surface area contributed by atoms with Crippen molar-refractivity contribution in [1.29, 1.82) is 0 Å². The van der Waals surface area contributed by atoms with Gasteiger partial charge >= 0.3 is 5.97 Å². The Labute approximate surface area is 97.7 Å². The van der Waals surface area contributed by atoms with Crippen LogP contribution in [0.5, 0.6) is 0 Å². The number of aliphatic carboxylic acids is 1. The van der Waals surface area contributed by atoms with Crippen LogP contribution < -0.4 is 5.32 Å². The molecule has 17 heavy (non-hydrogen) atoms. The van der Waals surface area contributed by atoms with Crippen LogP contribution in [0.4, 0.5) is 4.39 Å². The molecule has 0 aliphatic carbocycles. The third-order valence-electron chi connectivity index (χ3n) is 2.24. The summed E-state index contributed by atoms with van der Waals surface area (Å²) < 4.78 is 13.2. The van der Waals surface area contributed by atoms with Crippen LogP contribution in [-0.4, -0.2) is 28.0 Å². The lowest BCUT2D eigenvalue weighted by molar-refractivity contribution is -0.140. The summed E-state index contributed by atoms with van der Waals surface area (Å²) >= 11 is 0. The van der Waals surface area contributed by atoms with Crippen LogP contribution in [0.1, 0.15) is 24.2 Å². The van der Waals surface area contributed by atoms with Gasteiger partial charge in [0.25, 0.3) is 5.91 Å². The third kappa shape index (κ3) is 3.24. The summed E-state index contributed by atoms with van der Waals surface area (Å²) in [7, 11) is 0. The maximum Gasteiger partial charge on any atom is 0.326 e. The van der Waals surface area contributed by atoms with Crippen LogP contribution in [0.25, 0.3) is 0 Å². The fourth-order valence-electron chi connectivity index (χ4n) is 1.29. The van der Waals surface area contributed by atoms with Gasteiger partial charge in [-0.05, 0) is 12.0 Å². The summed E-state index contributed by atoms with van der Waals surface area (Å²) in [6.45, 7) is 3.31. The Bertz CT molecular complexity index is 434. The van der Waals surface area contributed by atoms with E-state index in [0.717, 1.165) is 6.20 Å². The molecule has 0 spiro atoms. The molecule has 5 nitrogen and oxygen atoms in total. The minimum Gasteiger partial charge on any atom is -0.480 e. The lowest BCUT2D eigenvalue weighted by Crippen LogP contribution is -2.44. The topological polar surface area (TPSA) is 79.3 Å². The zero-order chi connectivity index (χ0) is 13.0. The number of halogens is 1. The lowest BCUT2D eigenvalue weighted by atomic mass is 10.0. The Hall–Kier alpha value is -1.98. The second kappa shape index (κ2) is 5.38. The summed E-state index contributed by atoms with van der Waals surface area (Å²) in [6, 6.07) is 0.152. The van der Waals surface area contributed by atoms with E-state index >= 15 is 0 Å². The zero-order valence-corrected chi connectivity index (χ0v) is 9.48. The number of carboxylic acids is 1. The molecule has 0 aliphatic rings. The largest absolute Gasteiger partial charge is 0.480 e. The van der Waals surface area contributed by atoms with Crippen molar-refractivity contribution in [2.24, 2.45) is 5.92 Å². The predicted molar refractivity (Wildman–Crippen MR) is 57.9 cm³/mol. The molecular formula is C11H13FN2O3. The van der Waals surface area contributed by atoms with Crippen LogP contribution in [0.15, 0.2) is 18.5 Å². The van der Waals surface area contributed by atoms with E-state index in [1.54, 1.807) is 13.8 Å². The molecule has 0 saturated heterocycles. The van der Waals surface area contributed by atoms with Crippen molar-refractivity contribution in [3.8, 4) is 0 Å². The van der Waals surface area contributed by atoms with Crippen molar-refractivity contribution >= 4 is 11.9 Å². The molecule has 6 heteroatoms. The van der Waals surface area contributed by atoms with Gasteiger partial charge < -0.3 is 10.4 Å². The highest BCUT2D eigenvalue weighted by atomic mass is 19.1. The fraction of sp³-hybridized carbons (Fsp3) is 0.364. The van der Waals surface area contributed by atoms with E-state index in [1.807, 2.05) is 0 Å². The van der Waals surface area contributed by atoms with Crippen molar-refractivity contribution in [1.82, 2.24) is 10.3 Å². The number of hydrogen-bond acceptors (Lipinski definition) is 3. The highest BCUT2D eigenvalue weighted by molar-refractivity contribution is 5.96. The van der Waals surface area contributed by atoms with Crippen molar-refractivity contribution in [2.75, 3.05) is 0 Å². The Balaban J connectivity index is 2.85. The van der Waals surface area contributed by atoms with Crippen LogP contribution in [0.3, 0.4) is 0 Å². The second-order valence-electron chi connectivity index (χ2n) is 3.89. The van der Waals surface area contributed by atoms with E-state index in [4.69, 9.17) is 5.11 Å². The monoisotopic (exact) mass is 240 g/mol. The predicted octanol–water partition coefficient (Wildman–Crippen LogP) is 1.06. The number of nitrogens with zero attached hydrogens (tertiary/aromatic N) is 1. The van der Waals surface area contributed by atoms with E-state index in [1.165, 1.54) is 12.3 Å². The van der Waals surface area contributed by atoms with E-state index < -0.39 is 23.7 Å². The summed E-state index contributed by atoms with van der Waals surface area (Å²) in [6.07, 6.45) is 2.17. The smallest absolute Gasteiger partial charge is 0.326 e. The Morgan fingerprint density at radius 3 is 2.59 bits per heavy atom. The molecule has 0 bridgehead atoms. The Morgan fingerprint density at radius 2 is 2.12 bits per heavy atom. The van der Waals surface area contributed by atoms with Crippen molar-refractivity contribution in [2.45, 2.75) is 19.9 Å². The zero-order valence-electron chi connectivity index (χ0n) is 9.48. The van der Waals surface area contributed by atoms with Gasteiger partial charge in [0, 0.05) is 6.20 Å². The maximum atomic E-state index is 13.2. The lowest BCUT2D eigenvalue weighted by Gasteiger charge is -2.17. The molecule has 1 aromatic heterocycles. The Morgan fingerprint density at radius 1 is 1.47 bits per heavy atom. The number of carboxylic acid groups (broad SMARTS) is 1. The average Bonchev–Trinajstić information content (AvgIpc) is 2.25. The number of amides is 1. The summed E-state index contributed by atoms with van der Waals surface area (Å²) in [5.41, 5.74) is -0.216. The number of rotatable bonds is 4. The first kappa shape index (κ1) is 13.1.